The largest absolute Gasteiger partial charge is 0.490 e. The number of fused-ring (bicyclic) bond motifs is 1. The summed E-state index contributed by atoms with van der Waals surface area (Å²) in [4.78, 5) is 43.9. The third-order valence-electron chi connectivity index (χ3n) is 6.22. The van der Waals surface area contributed by atoms with E-state index in [9.17, 15) is 14.4 Å². The first-order chi connectivity index (χ1) is 20.7. The zero-order valence-electron chi connectivity index (χ0n) is 23.8. The lowest BCUT2D eigenvalue weighted by molar-refractivity contribution is -0.143. The molecule has 0 bridgehead atoms. The third kappa shape index (κ3) is 7.08. The van der Waals surface area contributed by atoms with Gasteiger partial charge in [0, 0.05) is 0 Å². The molecule has 2 aromatic carbocycles. The SMILES string of the molecule is CCOC(=O)C1=C(C)N=c2s/c(=C\c3ccc(OCC#N)c(I)c3)c(=O)n2[C@@H]1c1ccc(OCC(=O)OC)c(OCC)c1. The second kappa shape index (κ2) is 14.3. The highest BCUT2D eigenvalue weighted by molar-refractivity contribution is 14.1. The van der Waals surface area contributed by atoms with Crippen LogP contribution in [0.2, 0.25) is 0 Å². The molecule has 2 heterocycles. The van der Waals surface area contributed by atoms with Crippen molar-refractivity contribution in [2.75, 3.05) is 33.5 Å². The number of benzene rings is 2. The first kappa shape index (κ1) is 31.8. The van der Waals surface area contributed by atoms with Crippen LogP contribution in [0.25, 0.3) is 6.08 Å². The number of allylic oxidation sites excluding steroid dienone is 1. The van der Waals surface area contributed by atoms with E-state index in [-0.39, 0.29) is 31.0 Å². The number of ether oxygens (including phenoxy) is 5. The minimum atomic E-state index is -0.867. The molecule has 13 heteroatoms. The Balaban J connectivity index is 1.86. The van der Waals surface area contributed by atoms with Gasteiger partial charge in [0.05, 0.1) is 45.7 Å². The summed E-state index contributed by atoms with van der Waals surface area (Å²) in [6.45, 7) is 5.27. The number of halogens is 1. The van der Waals surface area contributed by atoms with Crippen molar-refractivity contribution in [1.82, 2.24) is 4.57 Å². The fourth-order valence-corrected chi connectivity index (χ4v) is 6.11. The molecular formula is C30H28IN3O8S. The van der Waals surface area contributed by atoms with Crippen molar-refractivity contribution < 1.29 is 33.3 Å². The van der Waals surface area contributed by atoms with E-state index in [0.29, 0.717) is 44.4 Å². The fraction of sp³-hybridized carbons (Fsp3) is 0.300. The van der Waals surface area contributed by atoms with Gasteiger partial charge < -0.3 is 23.7 Å². The van der Waals surface area contributed by atoms with Crippen LogP contribution in [0, 0.1) is 14.9 Å². The molecule has 224 valence electrons. The van der Waals surface area contributed by atoms with Gasteiger partial charge in [0.15, 0.2) is 29.5 Å². The number of hydrogen-bond acceptors (Lipinski definition) is 11. The molecule has 0 aliphatic carbocycles. The number of carbonyl (C=O) groups excluding carboxylic acids is 2. The maximum absolute atomic E-state index is 14.0. The van der Waals surface area contributed by atoms with Gasteiger partial charge in [-0.3, -0.25) is 9.36 Å². The zero-order chi connectivity index (χ0) is 31.1. The van der Waals surface area contributed by atoms with Gasteiger partial charge in [-0.2, -0.15) is 5.26 Å². The zero-order valence-corrected chi connectivity index (χ0v) is 26.8. The normalized spacial score (nSPS) is 14.3. The Kier molecular flexibility index (Phi) is 10.6. The standard InChI is InChI=1S/C30H28IN3O8S/c1-5-39-23-15-19(8-10-22(23)42-16-25(35)38-4)27-26(29(37)40-6-2)17(3)33-30-34(27)28(36)24(43-30)14-18-7-9-21(20(31)13-18)41-12-11-32/h7-10,13-15,27H,5-6,12,16H2,1-4H3/b24-14-/t27-/m1/s1. The number of carbonyl (C=O) groups is 2. The van der Waals surface area contributed by atoms with E-state index < -0.39 is 18.0 Å². The van der Waals surface area contributed by atoms with E-state index in [1.165, 1.54) is 23.0 Å². The molecule has 0 fully saturated rings. The van der Waals surface area contributed by atoms with Crippen LogP contribution in [-0.2, 0) is 19.1 Å². The Labute approximate surface area is 264 Å². The number of aromatic nitrogens is 1. The van der Waals surface area contributed by atoms with Crippen LogP contribution < -0.4 is 29.1 Å². The molecular weight excluding hydrogens is 689 g/mol. The molecule has 4 rings (SSSR count). The van der Waals surface area contributed by atoms with E-state index in [0.717, 1.165) is 9.13 Å². The van der Waals surface area contributed by atoms with Crippen molar-refractivity contribution in [1.29, 1.82) is 5.26 Å². The summed E-state index contributed by atoms with van der Waals surface area (Å²) in [5.74, 6) is 0.0608. The molecule has 0 spiro atoms. The highest BCUT2D eigenvalue weighted by Crippen LogP contribution is 2.36. The summed E-state index contributed by atoms with van der Waals surface area (Å²) in [5.41, 5.74) is 1.62. The predicted octanol–water partition coefficient (Wildman–Crippen LogP) is 3.26. The molecule has 1 aliphatic heterocycles. The van der Waals surface area contributed by atoms with Gasteiger partial charge in [-0.25, -0.2) is 14.6 Å². The topological polar surface area (TPSA) is 138 Å². The number of nitriles is 1. The van der Waals surface area contributed by atoms with E-state index in [2.05, 4.69) is 32.3 Å². The van der Waals surface area contributed by atoms with Crippen molar-refractivity contribution in [2.45, 2.75) is 26.8 Å². The number of nitrogens with zero attached hydrogens (tertiary/aromatic N) is 3. The Hall–Kier alpha value is -4.16. The summed E-state index contributed by atoms with van der Waals surface area (Å²) in [7, 11) is 1.26. The summed E-state index contributed by atoms with van der Waals surface area (Å²) in [5, 5.41) is 8.80. The van der Waals surface area contributed by atoms with Gasteiger partial charge in [0.1, 0.15) is 11.8 Å². The van der Waals surface area contributed by atoms with Crippen LogP contribution in [0.15, 0.2) is 57.5 Å². The van der Waals surface area contributed by atoms with Gasteiger partial charge in [-0.1, -0.05) is 23.5 Å². The summed E-state index contributed by atoms with van der Waals surface area (Å²) in [6, 6.07) is 11.5. The third-order valence-corrected chi connectivity index (χ3v) is 8.05. The van der Waals surface area contributed by atoms with Crippen LogP contribution in [0.1, 0.15) is 37.9 Å². The first-order valence-corrected chi connectivity index (χ1v) is 15.1. The molecule has 0 saturated heterocycles. The molecule has 0 amide bonds. The Bertz CT molecular complexity index is 1800. The monoisotopic (exact) mass is 717 g/mol. The van der Waals surface area contributed by atoms with Crippen LogP contribution in [0.4, 0.5) is 0 Å². The molecule has 0 N–H and O–H groups in total. The smallest absolute Gasteiger partial charge is 0.343 e. The van der Waals surface area contributed by atoms with Crippen LogP contribution in [0.5, 0.6) is 17.2 Å². The van der Waals surface area contributed by atoms with Crippen molar-refractivity contribution in [3.63, 3.8) is 0 Å². The van der Waals surface area contributed by atoms with E-state index in [1.54, 1.807) is 57.2 Å². The number of thiazole rings is 1. The number of esters is 2. The number of rotatable bonds is 11. The van der Waals surface area contributed by atoms with E-state index in [1.807, 2.05) is 12.1 Å². The van der Waals surface area contributed by atoms with Gasteiger partial charge in [-0.05, 0) is 84.8 Å². The molecule has 1 aromatic heterocycles. The van der Waals surface area contributed by atoms with Gasteiger partial charge >= 0.3 is 11.9 Å². The molecule has 11 nitrogen and oxygen atoms in total. The minimum absolute atomic E-state index is 0.0699. The molecule has 0 saturated carbocycles. The van der Waals surface area contributed by atoms with Crippen molar-refractivity contribution >= 4 is 51.9 Å². The van der Waals surface area contributed by atoms with Crippen LogP contribution in [0.3, 0.4) is 0 Å². The second-order valence-corrected chi connectivity index (χ2v) is 11.1. The lowest BCUT2D eigenvalue weighted by atomic mass is 9.95. The highest BCUT2D eigenvalue weighted by Gasteiger charge is 2.34. The average molecular weight is 718 g/mol. The van der Waals surface area contributed by atoms with Gasteiger partial charge in [-0.15, -0.1) is 0 Å². The lowest BCUT2D eigenvalue weighted by Crippen LogP contribution is -2.40. The lowest BCUT2D eigenvalue weighted by Gasteiger charge is -2.25. The highest BCUT2D eigenvalue weighted by atomic mass is 127. The second-order valence-electron chi connectivity index (χ2n) is 8.94. The molecule has 3 aromatic rings. The molecule has 0 radical (unpaired) electrons. The summed E-state index contributed by atoms with van der Waals surface area (Å²) < 4.78 is 29.5. The molecule has 1 aliphatic rings. The van der Waals surface area contributed by atoms with E-state index in [4.69, 9.17) is 24.2 Å². The Morgan fingerprint density at radius 1 is 1.09 bits per heavy atom. The molecule has 43 heavy (non-hydrogen) atoms. The fourth-order valence-electron chi connectivity index (χ4n) is 4.37. The average Bonchev–Trinajstić information content (AvgIpc) is 3.29. The molecule has 1 atom stereocenters. The van der Waals surface area contributed by atoms with Gasteiger partial charge in [0.2, 0.25) is 0 Å². The van der Waals surface area contributed by atoms with Crippen LogP contribution in [-0.4, -0.2) is 50.0 Å². The van der Waals surface area contributed by atoms with Crippen molar-refractivity contribution in [2.24, 2.45) is 4.99 Å². The Morgan fingerprint density at radius 3 is 2.53 bits per heavy atom. The van der Waals surface area contributed by atoms with Gasteiger partial charge in [0.25, 0.3) is 5.56 Å². The minimum Gasteiger partial charge on any atom is -0.490 e. The predicted molar refractivity (Wildman–Crippen MR) is 166 cm³/mol. The Morgan fingerprint density at radius 2 is 1.86 bits per heavy atom. The van der Waals surface area contributed by atoms with Crippen LogP contribution >= 0.6 is 33.9 Å². The van der Waals surface area contributed by atoms with Crippen molar-refractivity contribution in [3.05, 3.63) is 82.1 Å². The number of hydrogen-bond donors (Lipinski definition) is 0. The first-order valence-electron chi connectivity index (χ1n) is 13.2. The summed E-state index contributed by atoms with van der Waals surface area (Å²) >= 11 is 3.31. The van der Waals surface area contributed by atoms with Crippen molar-refractivity contribution in [3.8, 4) is 23.3 Å². The maximum atomic E-state index is 14.0. The van der Waals surface area contributed by atoms with E-state index >= 15 is 0 Å². The quantitative estimate of drug-likeness (QED) is 0.216. The summed E-state index contributed by atoms with van der Waals surface area (Å²) in [6.07, 6.45) is 1.75. The number of methoxy groups -OCH3 is 1. The maximum Gasteiger partial charge on any atom is 0.343 e. The molecule has 0 unspecified atom stereocenters.